The number of amides is 1. The smallest absolute Gasteiger partial charge is 0.253 e. The predicted molar refractivity (Wildman–Crippen MR) is 128 cm³/mol. The van der Waals surface area contributed by atoms with Crippen LogP contribution < -0.4 is 4.90 Å². The highest BCUT2D eigenvalue weighted by Crippen LogP contribution is 2.31. The normalized spacial score (nSPS) is 19.2. The van der Waals surface area contributed by atoms with Crippen LogP contribution in [0, 0.1) is 0 Å². The number of hydrogen-bond acceptors (Lipinski definition) is 7. The molecule has 174 valence electrons. The molecule has 5 rings (SSSR count). The first kappa shape index (κ1) is 22.0. The Morgan fingerprint density at radius 1 is 1.03 bits per heavy atom. The number of aliphatic imine (C=N–C) groups is 1. The molecule has 33 heavy (non-hydrogen) atoms. The average molecular weight is 450 g/mol. The van der Waals surface area contributed by atoms with Gasteiger partial charge < -0.3 is 19.6 Å². The zero-order valence-corrected chi connectivity index (χ0v) is 18.9. The third-order valence-corrected chi connectivity index (χ3v) is 6.70. The van der Waals surface area contributed by atoms with Crippen LogP contribution in [0.15, 0.2) is 41.5 Å². The first-order chi connectivity index (χ1) is 16.2. The van der Waals surface area contributed by atoms with Gasteiger partial charge in [0.1, 0.15) is 5.82 Å². The highest BCUT2D eigenvalue weighted by Gasteiger charge is 2.24. The van der Waals surface area contributed by atoms with Crippen molar-refractivity contribution in [2.24, 2.45) is 4.99 Å². The zero-order chi connectivity index (χ0) is 22.6. The predicted octanol–water partition coefficient (Wildman–Crippen LogP) is 1.74. The summed E-state index contributed by atoms with van der Waals surface area (Å²) in [7, 11) is 0. The van der Waals surface area contributed by atoms with Gasteiger partial charge in [0, 0.05) is 63.1 Å². The second-order valence-corrected chi connectivity index (χ2v) is 8.73. The van der Waals surface area contributed by atoms with E-state index in [-0.39, 0.29) is 12.5 Å². The average Bonchev–Trinajstić information content (AvgIpc) is 2.89. The van der Waals surface area contributed by atoms with Gasteiger partial charge in [-0.2, -0.15) is 0 Å². The van der Waals surface area contributed by atoms with Gasteiger partial charge in [-0.1, -0.05) is 0 Å². The molecular weight excluding hydrogens is 418 g/mol. The Labute approximate surface area is 194 Å². The monoisotopic (exact) mass is 449 g/mol. The van der Waals surface area contributed by atoms with Crippen LogP contribution in [0.3, 0.4) is 0 Å². The van der Waals surface area contributed by atoms with Crippen LogP contribution in [0.4, 0.5) is 11.5 Å². The van der Waals surface area contributed by atoms with Crippen LogP contribution in [-0.2, 0) is 11.2 Å². The lowest BCUT2D eigenvalue weighted by Crippen LogP contribution is -2.49. The van der Waals surface area contributed by atoms with E-state index in [9.17, 15) is 4.79 Å². The summed E-state index contributed by atoms with van der Waals surface area (Å²) >= 11 is 0. The number of nitrogens with zero attached hydrogens (tertiary/aromatic N) is 5. The van der Waals surface area contributed by atoms with Gasteiger partial charge in [-0.15, -0.1) is 0 Å². The van der Waals surface area contributed by atoms with Crippen LogP contribution in [0.2, 0.25) is 0 Å². The van der Waals surface area contributed by atoms with Crippen LogP contribution in [0.25, 0.3) is 0 Å². The fourth-order valence-corrected chi connectivity index (χ4v) is 4.83. The Balaban J connectivity index is 1.33. The van der Waals surface area contributed by atoms with Crippen molar-refractivity contribution in [3.05, 3.63) is 53.2 Å². The van der Waals surface area contributed by atoms with Gasteiger partial charge >= 0.3 is 0 Å². The van der Waals surface area contributed by atoms with Crippen molar-refractivity contribution in [2.45, 2.75) is 12.8 Å². The molecule has 0 unspecified atom stereocenters. The molecule has 3 aliphatic heterocycles. The molecule has 4 heterocycles. The van der Waals surface area contributed by atoms with E-state index in [2.05, 4.69) is 20.9 Å². The molecule has 0 atom stereocenters. The molecule has 1 N–H and O–H groups in total. The lowest BCUT2D eigenvalue weighted by molar-refractivity contribution is 0.0615. The number of aromatic nitrogens is 1. The number of morpholine rings is 1. The number of aryl methyl sites for hydroxylation is 1. The van der Waals surface area contributed by atoms with Crippen molar-refractivity contribution in [3.8, 4) is 0 Å². The second kappa shape index (κ2) is 9.99. The minimum absolute atomic E-state index is 0.0816. The topological polar surface area (TPSA) is 81.5 Å². The van der Waals surface area contributed by atoms with Gasteiger partial charge in [-0.05, 0) is 48.7 Å². The van der Waals surface area contributed by atoms with E-state index in [0.29, 0.717) is 19.6 Å². The molecule has 1 aromatic heterocycles. The van der Waals surface area contributed by atoms with Crippen LogP contribution in [0.1, 0.15) is 27.9 Å². The summed E-state index contributed by atoms with van der Waals surface area (Å²) < 4.78 is 5.50. The summed E-state index contributed by atoms with van der Waals surface area (Å²) in [6.07, 6.45) is 3.53. The Kier molecular flexibility index (Phi) is 6.66. The summed E-state index contributed by atoms with van der Waals surface area (Å²) in [6, 6.07) is 9.98. The summed E-state index contributed by atoms with van der Waals surface area (Å²) in [5.74, 6) is 1.06. The molecule has 0 saturated carbocycles. The van der Waals surface area contributed by atoms with Crippen molar-refractivity contribution in [1.29, 1.82) is 0 Å². The quantitative estimate of drug-likeness (QED) is 0.749. The standard InChI is InChI=1S/C25H31N5O3/c31-15-12-28-8-10-30(11-9-28)25(32)20-4-5-22-19(18-20)3-6-23(27-22)21-2-1-7-26-24(21)29-13-16-33-17-14-29/h1-2,4-5,7,18,31H,3,6,8-17H2. The Morgan fingerprint density at radius 3 is 2.64 bits per heavy atom. The molecule has 0 aliphatic carbocycles. The van der Waals surface area contributed by atoms with Crippen molar-refractivity contribution in [1.82, 2.24) is 14.8 Å². The molecule has 0 bridgehead atoms. The van der Waals surface area contributed by atoms with Gasteiger partial charge in [0.05, 0.1) is 31.2 Å². The van der Waals surface area contributed by atoms with E-state index in [1.807, 2.05) is 35.4 Å². The van der Waals surface area contributed by atoms with E-state index in [1.54, 1.807) is 0 Å². The minimum atomic E-state index is 0.0816. The molecule has 1 amide bonds. The van der Waals surface area contributed by atoms with E-state index in [0.717, 1.165) is 86.1 Å². The molecule has 0 radical (unpaired) electrons. The van der Waals surface area contributed by atoms with E-state index in [4.69, 9.17) is 14.8 Å². The zero-order valence-electron chi connectivity index (χ0n) is 18.9. The fourth-order valence-electron chi connectivity index (χ4n) is 4.83. The van der Waals surface area contributed by atoms with E-state index < -0.39 is 0 Å². The van der Waals surface area contributed by atoms with Crippen LogP contribution in [0.5, 0.6) is 0 Å². The first-order valence-corrected chi connectivity index (χ1v) is 11.8. The number of ether oxygens (including phenoxy) is 1. The van der Waals surface area contributed by atoms with E-state index in [1.165, 1.54) is 0 Å². The number of aliphatic hydroxyl groups excluding tert-OH is 1. The SMILES string of the molecule is O=C(c1ccc2c(c1)CCC(c1cccnc1N1CCOCC1)=N2)N1CCN(CCO)CC1. The number of piperazine rings is 1. The lowest BCUT2D eigenvalue weighted by atomic mass is 9.95. The summed E-state index contributed by atoms with van der Waals surface area (Å²) in [6.45, 7) is 6.97. The van der Waals surface area contributed by atoms with Gasteiger partial charge in [0.15, 0.2) is 0 Å². The van der Waals surface area contributed by atoms with Crippen LogP contribution in [-0.4, -0.2) is 97.1 Å². The maximum absolute atomic E-state index is 13.1. The van der Waals surface area contributed by atoms with Crippen LogP contribution >= 0.6 is 0 Å². The molecule has 2 saturated heterocycles. The van der Waals surface area contributed by atoms with Crippen molar-refractivity contribution in [2.75, 3.05) is 70.5 Å². The number of anilines is 1. The second-order valence-electron chi connectivity index (χ2n) is 8.73. The third kappa shape index (κ3) is 4.78. The maximum atomic E-state index is 13.1. The molecule has 8 nitrogen and oxygen atoms in total. The summed E-state index contributed by atoms with van der Waals surface area (Å²) in [5.41, 5.74) is 4.94. The van der Waals surface area contributed by atoms with Gasteiger partial charge in [0.2, 0.25) is 0 Å². The van der Waals surface area contributed by atoms with Gasteiger partial charge in [-0.3, -0.25) is 14.7 Å². The Morgan fingerprint density at radius 2 is 1.85 bits per heavy atom. The number of fused-ring (bicyclic) bond motifs is 1. The lowest BCUT2D eigenvalue weighted by Gasteiger charge is -2.34. The largest absolute Gasteiger partial charge is 0.395 e. The molecular formula is C25H31N5O3. The fraction of sp³-hybridized carbons (Fsp3) is 0.480. The number of hydrogen-bond donors (Lipinski definition) is 1. The highest BCUT2D eigenvalue weighted by molar-refractivity contribution is 6.07. The number of rotatable bonds is 5. The first-order valence-electron chi connectivity index (χ1n) is 11.8. The molecule has 0 spiro atoms. The number of aliphatic hydroxyl groups is 1. The number of carbonyl (C=O) groups excluding carboxylic acids is 1. The summed E-state index contributed by atoms with van der Waals surface area (Å²) in [4.78, 5) is 29.1. The number of β-amino-alcohol motifs (C(OH)–C–C–N with tert-alkyl or cyclic N) is 1. The van der Waals surface area contributed by atoms with Gasteiger partial charge in [0.25, 0.3) is 5.91 Å². The van der Waals surface area contributed by atoms with Crippen molar-refractivity contribution >= 4 is 23.1 Å². The molecule has 2 aromatic rings. The molecule has 3 aliphatic rings. The number of carbonyl (C=O) groups is 1. The minimum Gasteiger partial charge on any atom is -0.395 e. The Bertz CT molecular complexity index is 1030. The molecule has 8 heteroatoms. The van der Waals surface area contributed by atoms with E-state index >= 15 is 0 Å². The third-order valence-electron chi connectivity index (χ3n) is 6.70. The molecule has 1 aromatic carbocycles. The van der Waals surface area contributed by atoms with Crippen molar-refractivity contribution in [3.63, 3.8) is 0 Å². The van der Waals surface area contributed by atoms with Crippen molar-refractivity contribution < 1.29 is 14.6 Å². The molecule has 2 fully saturated rings. The number of benzene rings is 1. The number of pyridine rings is 1. The highest BCUT2D eigenvalue weighted by atomic mass is 16.5. The Hall–Kier alpha value is -2.81. The van der Waals surface area contributed by atoms with Gasteiger partial charge in [-0.25, -0.2) is 4.98 Å². The maximum Gasteiger partial charge on any atom is 0.253 e. The summed E-state index contributed by atoms with van der Waals surface area (Å²) in [5, 5.41) is 9.11.